The molecule has 4 N–H and O–H groups in total. The van der Waals surface area contributed by atoms with Gasteiger partial charge in [-0.3, -0.25) is 9.78 Å². The number of nitrogen functional groups attached to an aromatic ring is 1. The summed E-state index contributed by atoms with van der Waals surface area (Å²) in [6.45, 7) is 1.87. The van der Waals surface area contributed by atoms with Crippen molar-refractivity contribution in [1.29, 1.82) is 5.26 Å². The number of anilines is 2. The maximum absolute atomic E-state index is 15.0. The molecule has 0 spiro atoms. The monoisotopic (exact) mass is 441 g/mol. The first-order chi connectivity index (χ1) is 16.0. The van der Waals surface area contributed by atoms with Crippen LogP contribution in [0.15, 0.2) is 49.3 Å². The van der Waals surface area contributed by atoms with Crippen molar-refractivity contribution in [1.82, 2.24) is 19.9 Å². The number of aromatic nitrogens is 4. The number of H-pyrrole nitrogens is 1. The van der Waals surface area contributed by atoms with Gasteiger partial charge in [-0.1, -0.05) is 0 Å². The van der Waals surface area contributed by atoms with E-state index in [9.17, 15) is 4.79 Å². The van der Waals surface area contributed by atoms with Crippen LogP contribution in [0.4, 0.5) is 15.9 Å². The van der Waals surface area contributed by atoms with Gasteiger partial charge in [0.1, 0.15) is 5.82 Å². The smallest absolute Gasteiger partial charge is 0.229 e. The molecule has 1 amide bonds. The number of fused-ring (bicyclic) bond motifs is 1. The van der Waals surface area contributed by atoms with Crippen molar-refractivity contribution in [3.8, 4) is 17.2 Å². The van der Waals surface area contributed by atoms with Gasteiger partial charge in [0.25, 0.3) is 0 Å². The lowest BCUT2D eigenvalue weighted by Crippen LogP contribution is -2.16. The van der Waals surface area contributed by atoms with Crippen LogP contribution >= 0.6 is 0 Å². The van der Waals surface area contributed by atoms with Crippen LogP contribution in [0.2, 0.25) is 0 Å². The van der Waals surface area contributed by atoms with Gasteiger partial charge >= 0.3 is 0 Å². The molecule has 0 aliphatic heterocycles. The highest BCUT2D eigenvalue weighted by Crippen LogP contribution is 2.55. The van der Waals surface area contributed by atoms with E-state index in [1.165, 1.54) is 6.20 Å². The average Bonchev–Trinajstić information content (AvgIpc) is 3.25. The summed E-state index contributed by atoms with van der Waals surface area (Å²) in [4.78, 5) is 28.5. The number of aromatic amines is 1. The summed E-state index contributed by atoms with van der Waals surface area (Å²) >= 11 is 0. The van der Waals surface area contributed by atoms with Crippen LogP contribution in [0.25, 0.3) is 21.9 Å². The fourth-order valence-corrected chi connectivity index (χ4v) is 4.47. The molecule has 164 valence electrons. The van der Waals surface area contributed by atoms with Crippen molar-refractivity contribution in [2.45, 2.75) is 19.3 Å². The number of hydrogen-bond donors (Lipinski definition) is 3. The van der Waals surface area contributed by atoms with Crippen LogP contribution in [0.1, 0.15) is 23.6 Å². The number of nitrogens with two attached hydrogens (primary N) is 1. The second-order valence-electron chi connectivity index (χ2n) is 8.19. The van der Waals surface area contributed by atoms with Crippen molar-refractivity contribution in [2.75, 3.05) is 11.1 Å². The van der Waals surface area contributed by atoms with Gasteiger partial charge in [0.05, 0.1) is 29.7 Å². The summed E-state index contributed by atoms with van der Waals surface area (Å²) in [5.41, 5.74) is 8.68. The van der Waals surface area contributed by atoms with E-state index in [1.54, 1.807) is 43.1 Å². The normalized spacial score (nSPS) is 19.2. The van der Waals surface area contributed by atoms with Gasteiger partial charge in [-0.2, -0.15) is 5.26 Å². The number of nitriles is 1. The Morgan fingerprint density at radius 1 is 1.30 bits per heavy atom. The van der Waals surface area contributed by atoms with Gasteiger partial charge in [-0.05, 0) is 42.0 Å². The molecule has 1 saturated carbocycles. The van der Waals surface area contributed by atoms with Crippen LogP contribution < -0.4 is 11.1 Å². The van der Waals surface area contributed by atoms with Crippen LogP contribution in [0, 0.1) is 35.9 Å². The number of benzene rings is 1. The number of nitrogens with zero attached hydrogens (tertiary/aromatic N) is 4. The van der Waals surface area contributed by atoms with Crippen molar-refractivity contribution in [3.63, 3.8) is 0 Å². The Morgan fingerprint density at radius 3 is 2.88 bits per heavy atom. The van der Waals surface area contributed by atoms with Crippen molar-refractivity contribution >= 4 is 28.2 Å². The highest BCUT2D eigenvalue weighted by Gasteiger charge is 2.56. The lowest BCUT2D eigenvalue weighted by Gasteiger charge is -2.12. The minimum absolute atomic E-state index is 0.00833. The molecule has 0 unspecified atom stereocenters. The van der Waals surface area contributed by atoms with Crippen LogP contribution in [0.3, 0.4) is 0 Å². The van der Waals surface area contributed by atoms with Crippen LogP contribution in [-0.4, -0.2) is 25.8 Å². The zero-order chi connectivity index (χ0) is 23.1. The summed E-state index contributed by atoms with van der Waals surface area (Å²) in [6, 6.07) is 7.30. The summed E-state index contributed by atoms with van der Waals surface area (Å²) in [6.07, 6.45) is 8.27. The quantitative estimate of drug-likeness (QED) is 0.402. The fourth-order valence-electron chi connectivity index (χ4n) is 4.47. The third-order valence-corrected chi connectivity index (χ3v) is 6.24. The maximum atomic E-state index is 15.0. The van der Waals surface area contributed by atoms with Gasteiger partial charge in [-0.25, -0.2) is 14.4 Å². The Balaban J connectivity index is 1.46. The van der Waals surface area contributed by atoms with Gasteiger partial charge in [0.15, 0.2) is 5.82 Å². The highest BCUT2D eigenvalue weighted by molar-refractivity contribution is 6.00. The number of aryl methyl sites for hydroxylation is 1. The number of carbonyl (C=O) groups excluding carboxylic acids is 1. The third kappa shape index (κ3) is 3.55. The van der Waals surface area contributed by atoms with E-state index < -0.39 is 5.82 Å². The van der Waals surface area contributed by atoms with E-state index in [0.717, 1.165) is 11.3 Å². The van der Waals surface area contributed by atoms with E-state index in [-0.39, 0.29) is 35.8 Å². The molecule has 1 aliphatic rings. The summed E-state index contributed by atoms with van der Waals surface area (Å²) in [5, 5.41) is 13.1. The molecule has 1 aliphatic carbocycles. The van der Waals surface area contributed by atoms with Gasteiger partial charge in [0.2, 0.25) is 5.91 Å². The minimum atomic E-state index is -0.531. The number of carbonyl (C=O) groups is 1. The van der Waals surface area contributed by atoms with E-state index >= 15 is 4.39 Å². The summed E-state index contributed by atoms with van der Waals surface area (Å²) in [7, 11) is 0. The lowest BCUT2D eigenvalue weighted by atomic mass is 9.98. The SMILES string of the molecule is Cc1ccncc1-c1cc2cc(NC(=O)[C@@H]3[C@@H](CC#N)[C@@H]3c3c[nH]cn3)ncc2c(N)c1F. The predicted octanol–water partition coefficient (Wildman–Crippen LogP) is 3.93. The van der Waals surface area contributed by atoms with Gasteiger partial charge in [0, 0.05) is 53.6 Å². The molecule has 8 nitrogen and oxygen atoms in total. The van der Waals surface area contributed by atoms with Crippen molar-refractivity contribution < 1.29 is 9.18 Å². The molecule has 3 atom stereocenters. The first kappa shape index (κ1) is 20.6. The number of pyridine rings is 2. The zero-order valence-electron chi connectivity index (χ0n) is 17.7. The summed E-state index contributed by atoms with van der Waals surface area (Å²) in [5.74, 6) is -0.997. The lowest BCUT2D eigenvalue weighted by molar-refractivity contribution is -0.117. The number of amides is 1. The standard InChI is InChI=1S/C24H20FN7O/c1-12-3-5-28-8-16(12)15-6-13-7-19(30-9-17(13)23(27)22(15)25)32-24(33)21-14(2-4-26)20(21)18-10-29-11-31-18/h3,5-11,14,20-21H,2,27H2,1H3,(H,29,31)(H,30,32,33)/t14-,20+,21+/m0/s1. The first-order valence-electron chi connectivity index (χ1n) is 10.4. The number of hydrogen-bond acceptors (Lipinski definition) is 6. The zero-order valence-corrected chi connectivity index (χ0v) is 17.7. The minimum Gasteiger partial charge on any atom is -0.396 e. The molecule has 4 aromatic rings. The number of halogens is 1. The number of rotatable bonds is 5. The molecule has 33 heavy (non-hydrogen) atoms. The molecular weight excluding hydrogens is 421 g/mol. The van der Waals surface area contributed by atoms with E-state index in [1.807, 2.05) is 6.92 Å². The molecule has 5 rings (SSSR count). The van der Waals surface area contributed by atoms with E-state index in [0.29, 0.717) is 27.7 Å². The summed E-state index contributed by atoms with van der Waals surface area (Å²) < 4.78 is 15.0. The van der Waals surface area contributed by atoms with E-state index in [4.69, 9.17) is 11.0 Å². The second kappa shape index (κ2) is 7.98. The van der Waals surface area contributed by atoms with Crippen molar-refractivity contribution in [3.05, 3.63) is 66.4 Å². The highest BCUT2D eigenvalue weighted by atomic mass is 19.1. The van der Waals surface area contributed by atoms with Crippen LogP contribution in [0.5, 0.6) is 0 Å². The van der Waals surface area contributed by atoms with Crippen LogP contribution in [-0.2, 0) is 4.79 Å². The van der Waals surface area contributed by atoms with Gasteiger partial charge < -0.3 is 16.0 Å². The molecule has 3 heterocycles. The largest absolute Gasteiger partial charge is 0.396 e. The Bertz CT molecular complexity index is 1410. The Labute approximate surface area is 188 Å². The topological polar surface area (TPSA) is 133 Å². The first-order valence-corrected chi connectivity index (χ1v) is 10.4. The Hall–Kier alpha value is -4.32. The molecule has 3 aromatic heterocycles. The third-order valence-electron chi connectivity index (χ3n) is 6.24. The molecule has 1 aromatic carbocycles. The van der Waals surface area contributed by atoms with Gasteiger partial charge in [-0.15, -0.1) is 0 Å². The molecule has 9 heteroatoms. The molecule has 1 fully saturated rings. The fraction of sp³-hybridized carbons (Fsp3) is 0.208. The number of nitrogens with one attached hydrogen (secondary N) is 2. The molecule has 0 bridgehead atoms. The number of imidazole rings is 1. The van der Waals surface area contributed by atoms with E-state index in [2.05, 4.69) is 31.3 Å². The molecular formula is C24H20FN7O. The van der Waals surface area contributed by atoms with Crippen molar-refractivity contribution in [2.24, 2.45) is 11.8 Å². The molecule has 0 radical (unpaired) electrons. The molecule has 0 saturated heterocycles. The predicted molar refractivity (Wildman–Crippen MR) is 121 cm³/mol. The maximum Gasteiger partial charge on any atom is 0.229 e. The second-order valence-corrected chi connectivity index (χ2v) is 8.19. The Morgan fingerprint density at radius 2 is 2.15 bits per heavy atom. The average molecular weight is 441 g/mol. The Kier molecular flexibility index (Phi) is 4.98.